The highest BCUT2D eigenvalue weighted by Gasteiger charge is 2.58. The van der Waals surface area contributed by atoms with Crippen molar-refractivity contribution in [1.82, 2.24) is 4.90 Å². The first kappa shape index (κ1) is 42.6. The molecule has 7 atom stereocenters. The largest absolute Gasteiger partial charge is 0.446 e. The van der Waals surface area contributed by atoms with Gasteiger partial charge in [-0.25, -0.2) is 9.18 Å². The summed E-state index contributed by atoms with van der Waals surface area (Å²) >= 11 is 8.08. The first-order valence-corrected chi connectivity index (χ1v) is 22.1. The third-order valence-corrected chi connectivity index (χ3v) is 14.8. The fourth-order valence-corrected chi connectivity index (χ4v) is 10.8. The summed E-state index contributed by atoms with van der Waals surface area (Å²) in [5, 5.41) is 26.4. The fourth-order valence-electron chi connectivity index (χ4n) is 9.90. The molecule has 4 aliphatic carbocycles. The molecule has 0 radical (unpaired) electrons. The maximum Gasteiger partial charge on any atom is 0.410 e. The molecule has 6 nitrogen and oxygen atoms in total. The molecule has 56 heavy (non-hydrogen) atoms. The van der Waals surface area contributed by atoms with Gasteiger partial charge in [-0.2, -0.15) is 0 Å². The minimum Gasteiger partial charge on any atom is -0.446 e. The Balaban J connectivity index is 1.38. The SMILES string of the molecule is CC1=CCCC2(C)C(CCC2(O)CN(CCc2cccs2)C(=O)OC2CC(C)CCC2C(C)C)c2ccc(cc2C(=O)Cc2c(F)cccc2Cl)CC(O)CC1. The summed E-state index contributed by atoms with van der Waals surface area (Å²) in [4.78, 5) is 31.7. The smallest absolute Gasteiger partial charge is 0.410 e. The Bertz CT molecular complexity index is 1840. The average molecular weight is 807 g/mol. The monoisotopic (exact) mass is 805 g/mol. The third-order valence-electron chi connectivity index (χ3n) is 13.5. The van der Waals surface area contributed by atoms with E-state index in [0.717, 1.165) is 36.8 Å². The number of aliphatic hydroxyl groups is 2. The molecular formula is C47H61ClFNO5S. The van der Waals surface area contributed by atoms with Crippen molar-refractivity contribution in [3.63, 3.8) is 0 Å². The van der Waals surface area contributed by atoms with Gasteiger partial charge in [0.05, 0.1) is 18.2 Å². The molecule has 0 aliphatic heterocycles. The number of nitrogens with zero attached hydrogens (tertiary/aromatic N) is 1. The van der Waals surface area contributed by atoms with Crippen LogP contribution in [-0.4, -0.2) is 57.9 Å². The summed E-state index contributed by atoms with van der Waals surface area (Å²) in [6.07, 6.45) is 8.59. The minimum absolute atomic E-state index is 0.111. The van der Waals surface area contributed by atoms with Crippen LogP contribution in [0.25, 0.3) is 0 Å². The van der Waals surface area contributed by atoms with Crippen LogP contribution in [0, 0.1) is 29.0 Å². The van der Waals surface area contributed by atoms with Crippen LogP contribution in [0.1, 0.15) is 130 Å². The van der Waals surface area contributed by atoms with Crippen molar-refractivity contribution >= 4 is 34.8 Å². The minimum atomic E-state index is -1.30. The molecule has 304 valence electrons. The summed E-state index contributed by atoms with van der Waals surface area (Å²) in [6.45, 7) is 11.4. The lowest BCUT2D eigenvalue weighted by atomic mass is 9.64. The summed E-state index contributed by atoms with van der Waals surface area (Å²) in [5.74, 6) is 0.133. The molecule has 3 aromatic rings. The Morgan fingerprint density at radius 1 is 1.09 bits per heavy atom. The zero-order valence-corrected chi connectivity index (χ0v) is 35.4. The molecule has 7 rings (SSSR count). The molecule has 2 bridgehead atoms. The van der Waals surface area contributed by atoms with Gasteiger partial charge >= 0.3 is 6.09 Å². The predicted molar refractivity (Wildman–Crippen MR) is 224 cm³/mol. The van der Waals surface area contributed by atoms with Gasteiger partial charge in [0.2, 0.25) is 0 Å². The Morgan fingerprint density at radius 3 is 2.62 bits per heavy atom. The van der Waals surface area contributed by atoms with Gasteiger partial charge in [-0.1, -0.05) is 81.6 Å². The van der Waals surface area contributed by atoms with Gasteiger partial charge in [-0.3, -0.25) is 4.79 Å². The van der Waals surface area contributed by atoms with Crippen molar-refractivity contribution in [2.75, 3.05) is 13.1 Å². The molecule has 2 N–H and O–H groups in total. The van der Waals surface area contributed by atoms with Crippen molar-refractivity contribution in [1.29, 1.82) is 0 Å². The van der Waals surface area contributed by atoms with E-state index in [1.807, 2.05) is 29.6 Å². The highest BCUT2D eigenvalue weighted by molar-refractivity contribution is 7.09. The zero-order valence-electron chi connectivity index (χ0n) is 33.9. The molecule has 0 saturated heterocycles. The van der Waals surface area contributed by atoms with E-state index in [1.165, 1.54) is 22.6 Å². The number of ketones is 1. The summed E-state index contributed by atoms with van der Waals surface area (Å²) in [6, 6.07) is 14.4. The molecule has 1 heterocycles. The van der Waals surface area contributed by atoms with Crippen LogP contribution in [0.5, 0.6) is 0 Å². The molecule has 1 aromatic heterocycles. The van der Waals surface area contributed by atoms with Gasteiger partial charge in [0.25, 0.3) is 0 Å². The van der Waals surface area contributed by atoms with Gasteiger partial charge in [0, 0.05) is 39.4 Å². The Labute approximate surface area is 342 Å². The van der Waals surface area contributed by atoms with E-state index in [4.69, 9.17) is 16.3 Å². The maximum atomic E-state index is 15.0. The van der Waals surface area contributed by atoms with Crippen LogP contribution in [0.2, 0.25) is 5.02 Å². The lowest BCUT2D eigenvalue weighted by molar-refractivity contribution is -0.0861. The topological polar surface area (TPSA) is 87.1 Å². The van der Waals surface area contributed by atoms with Crippen LogP contribution >= 0.6 is 22.9 Å². The zero-order chi connectivity index (χ0) is 40.2. The summed E-state index contributed by atoms with van der Waals surface area (Å²) in [5.41, 5.74) is 1.41. The van der Waals surface area contributed by atoms with Gasteiger partial charge in [-0.15, -0.1) is 11.3 Å². The maximum absolute atomic E-state index is 15.0. The summed E-state index contributed by atoms with van der Waals surface area (Å²) < 4.78 is 21.5. The number of benzene rings is 2. The van der Waals surface area contributed by atoms with Crippen LogP contribution < -0.4 is 0 Å². The number of aliphatic hydroxyl groups excluding tert-OH is 1. The molecule has 7 unspecified atom stereocenters. The van der Waals surface area contributed by atoms with Crippen LogP contribution in [-0.2, 0) is 24.0 Å². The molecule has 9 heteroatoms. The van der Waals surface area contributed by atoms with Crippen molar-refractivity contribution in [3.05, 3.63) is 104 Å². The lowest BCUT2D eigenvalue weighted by Crippen LogP contribution is -2.54. The number of allylic oxidation sites excluding steroid dienone is 2. The molecule has 1 amide bonds. The van der Waals surface area contributed by atoms with Gasteiger partial charge in [-0.05, 0) is 136 Å². The third kappa shape index (κ3) is 9.62. The van der Waals surface area contributed by atoms with Crippen molar-refractivity contribution in [2.45, 2.75) is 135 Å². The number of ether oxygens (including phenoxy) is 1. The van der Waals surface area contributed by atoms with E-state index in [-0.39, 0.29) is 47.5 Å². The predicted octanol–water partition coefficient (Wildman–Crippen LogP) is 11.1. The quantitative estimate of drug-likeness (QED) is 0.157. The number of carbonyl (C=O) groups is 2. The molecule has 2 saturated carbocycles. The van der Waals surface area contributed by atoms with E-state index < -0.39 is 22.9 Å². The van der Waals surface area contributed by atoms with E-state index in [2.05, 4.69) is 46.8 Å². The highest BCUT2D eigenvalue weighted by Crippen LogP contribution is 2.59. The molecular weight excluding hydrogens is 745 g/mol. The average Bonchev–Trinajstić information content (AvgIpc) is 3.76. The normalized spacial score (nSPS) is 28.4. The standard InChI is InChI=1S/C47H61ClFNO5S/c1-30(2)36-17-14-32(4)25-44(36)55-45(53)50(23-20-35-10-8-24-56-35)29-47(54)22-19-40-37-18-15-33(26-34(51)16-13-31(3)9-7-21-46(40,47)5)27-38(37)43(52)28-39-41(48)11-6-12-42(39)49/h6,8-12,15,18,24,27,30,32,34,36,40,44,51,54H,7,13-14,16-17,19-23,25-26,28-29H2,1-5H3. The van der Waals surface area contributed by atoms with E-state index >= 15 is 4.39 Å². The second-order valence-corrected chi connectivity index (χ2v) is 19.2. The fraction of sp³-hybridized carbons (Fsp3) is 0.574. The van der Waals surface area contributed by atoms with Crippen LogP contribution in [0.4, 0.5) is 9.18 Å². The number of carbonyl (C=O) groups excluding carboxylic acids is 2. The molecule has 0 spiro atoms. The van der Waals surface area contributed by atoms with Gasteiger partial charge in [0.15, 0.2) is 5.78 Å². The van der Waals surface area contributed by atoms with Crippen molar-refractivity contribution < 1.29 is 28.9 Å². The second kappa shape index (κ2) is 18.3. The number of Topliss-reactive ketones (excluding diaryl/α,β-unsaturated/α-hetero) is 1. The molecule has 2 fully saturated rings. The first-order valence-electron chi connectivity index (χ1n) is 20.8. The van der Waals surface area contributed by atoms with Gasteiger partial charge in [0.1, 0.15) is 11.9 Å². The number of amides is 1. The number of fused-ring (bicyclic) bond motifs is 8. The van der Waals surface area contributed by atoms with E-state index in [0.29, 0.717) is 74.8 Å². The Kier molecular flexibility index (Phi) is 13.9. The summed E-state index contributed by atoms with van der Waals surface area (Å²) in [7, 11) is 0. The number of thiophene rings is 1. The molecule has 2 aromatic carbocycles. The van der Waals surface area contributed by atoms with Gasteiger partial charge < -0.3 is 19.8 Å². The number of rotatable bonds is 10. The number of hydrogen-bond donors (Lipinski definition) is 2. The molecule has 4 aliphatic rings. The van der Waals surface area contributed by atoms with E-state index in [9.17, 15) is 19.8 Å². The van der Waals surface area contributed by atoms with Crippen LogP contribution in [0.3, 0.4) is 0 Å². The first-order chi connectivity index (χ1) is 26.7. The van der Waals surface area contributed by atoms with Crippen molar-refractivity contribution in [3.8, 4) is 0 Å². The van der Waals surface area contributed by atoms with E-state index in [1.54, 1.807) is 22.3 Å². The second-order valence-electron chi connectivity index (χ2n) is 17.7. The highest BCUT2D eigenvalue weighted by atomic mass is 35.5. The Morgan fingerprint density at radius 2 is 1.89 bits per heavy atom. The number of halogens is 2. The Hall–Kier alpha value is -3.04. The number of hydrogen-bond acceptors (Lipinski definition) is 6. The lowest BCUT2D eigenvalue weighted by Gasteiger charge is -2.46. The van der Waals surface area contributed by atoms with Crippen molar-refractivity contribution in [2.24, 2.45) is 23.2 Å². The van der Waals surface area contributed by atoms with Crippen LogP contribution in [0.15, 0.2) is 65.6 Å².